The fourth-order valence-electron chi connectivity index (χ4n) is 1.86. The molecule has 0 aliphatic heterocycles. The van der Waals surface area contributed by atoms with Gasteiger partial charge in [0, 0.05) is 5.92 Å². The Morgan fingerprint density at radius 2 is 2.00 bits per heavy atom. The number of benzene rings is 1. The number of carbonyl (C=O) groups is 1. The van der Waals surface area contributed by atoms with Gasteiger partial charge in [-0.05, 0) is 24.6 Å². The molecule has 0 atom stereocenters. The first-order valence-electron chi connectivity index (χ1n) is 7.39. The van der Waals surface area contributed by atoms with Crippen LogP contribution in [0, 0.1) is 0 Å². The minimum Gasteiger partial charge on any atom is -0.494 e. The Labute approximate surface area is 129 Å². The Morgan fingerprint density at radius 1 is 1.27 bits per heavy atom. The van der Waals surface area contributed by atoms with Crippen LogP contribution < -0.4 is 10.1 Å². The maximum absolute atomic E-state index is 11.9. The van der Waals surface area contributed by atoms with Crippen molar-refractivity contribution in [2.75, 3.05) is 6.61 Å². The number of hydrogen-bond acceptors (Lipinski definition) is 5. The summed E-state index contributed by atoms with van der Waals surface area (Å²) in [5.74, 6) is 1.90. The van der Waals surface area contributed by atoms with E-state index in [2.05, 4.69) is 15.5 Å². The number of ether oxygens (including phenoxy) is 1. The monoisotopic (exact) mass is 303 g/mol. The average molecular weight is 303 g/mol. The molecule has 2 rings (SSSR count). The van der Waals surface area contributed by atoms with Gasteiger partial charge in [-0.3, -0.25) is 4.79 Å². The Hall–Kier alpha value is -2.37. The smallest absolute Gasteiger partial charge is 0.235 e. The standard InChI is InChI=1S/C16H21N3O3/c1-4-21-13-7-5-12(6-8-13)9-14(20)17-10-15-18-19-16(22-15)11(2)3/h5-8,11H,4,9-10H2,1-3H3,(H,17,20). The van der Waals surface area contributed by atoms with E-state index in [9.17, 15) is 4.79 Å². The molecule has 2 aromatic rings. The minimum absolute atomic E-state index is 0.0894. The van der Waals surface area contributed by atoms with E-state index in [1.54, 1.807) is 0 Å². The molecular formula is C16H21N3O3. The summed E-state index contributed by atoms with van der Waals surface area (Å²) in [6, 6.07) is 7.49. The maximum Gasteiger partial charge on any atom is 0.235 e. The Balaban J connectivity index is 1.81. The molecule has 0 radical (unpaired) electrons. The van der Waals surface area contributed by atoms with Gasteiger partial charge in [0.25, 0.3) is 0 Å². The van der Waals surface area contributed by atoms with Gasteiger partial charge in [-0.2, -0.15) is 0 Å². The normalized spacial score (nSPS) is 10.7. The van der Waals surface area contributed by atoms with Crippen molar-refractivity contribution in [3.05, 3.63) is 41.6 Å². The summed E-state index contributed by atoms with van der Waals surface area (Å²) in [4.78, 5) is 11.9. The highest BCUT2D eigenvalue weighted by molar-refractivity contribution is 5.78. The van der Waals surface area contributed by atoms with Crippen LogP contribution in [-0.4, -0.2) is 22.7 Å². The van der Waals surface area contributed by atoms with Gasteiger partial charge in [0.1, 0.15) is 5.75 Å². The van der Waals surface area contributed by atoms with Crippen LogP contribution in [0.4, 0.5) is 0 Å². The molecule has 6 heteroatoms. The van der Waals surface area contributed by atoms with Crippen LogP contribution in [0.2, 0.25) is 0 Å². The van der Waals surface area contributed by atoms with E-state index in [-0.39, 0.29) is 18.4 Å². The van der Waals surface area contributed by atoms with Crippen molar-refractivity contribution in [3.63, 3.8) is 0 Å². The fraction of sp³-hybridized carbons (Fsp3) is 0.438. The summed E-state index contributed by atoms with van der Waals surface area (Å²) in [6.07, 6.45) is 0.303. The molecule has 1 aromatic heterocycles. The first-order chi connectivity index (χ1) is 10.6. The molecule has 0 aliphatic rings. The van der Waals surface area contributed by atoms with E-state index in [0.29, 0.717) is 24.8 Å². The molecule has 0 unspecified atom stereocenters. The molecule has 0 saturated heterocycles. The highest BCUT2D eigenvalue weighted by Gasteiger charge is 2.10. The average Bonchev–Trinajstić information content (AvgIpc) is 2.97. The van der Waals surface area contributed by atoms with Crippen molar-refractivity contribution in [2.24, 2.45) is 0 Å². The van der Waals surface area contributed by atoms with Gasteiger partial charge in [0.05, 0.1) is 19.6 Å². The SMILES string of the molecule is CCOc1ccc(CC(=O)NCc2nnc(C(C)C)o2)cc1. The lowest BCUT2D eigenvalue weighted by atomic mass is 10.1. The topological polar surface area (TPSA) is 77.2 Å². The minimum atomic E-state index is -0.0894. The van der Waals surface area contributed by atoms with E-state index >= 15 is 0 Å². The summed E-state index contributed by atoms with van der Waals surface area (Å²) in [7, 11) is 0. The number of nitrogens with one attached hydrogen (secondary N) is 1. The zero-order valence-corrected chi connectivity index (χ0v) is 13.1. The molecule has 0 bridgehead atoms. The molecule has 0 saturated carbocycles. The van der Waals surface area contributed by atoms with Gasteiger partial charge in [0.15, 0.2) is 0 Å². The van der Waals surface area contributed by atoms with Crippen LogP contribution in [-0.2, 0) is 17.8 Å². The quantitative estimate of drug-likeness (QED) is 0.850. The third-order valence-corrected chi connectivity index (χ3v) is 3.01. The maximum atomic E-state index is 11.9. The predicted molar refractivity (Wildman–Crippen MR) is 81.5 cm³/mol. The largest absolute Gasteiger partial charge is 0.494 e. The van der Waals surface area contributed by atoms with Gasteiger partial charge in [-0.25, -0.2) is 0 Å². The van der Waals surface area contributed by atoms with Crippen molar-refractivity contribution in [1.29, 1.82) is 0 Å². The lowest BCUT2D eigenvalue weighted by molar-refractivity contribution is -0.120. The van der Waals surface area contributed by atoms with E-state index in [4.69, 9.17) is 9.15 Å². The number of nitrogens with zero attached hydrogens (tertiary/aromatic N) is 2. The van der Waals surface area contributed by atoms with Crippen molar-refractivity contribution in [2.45, 2.75) is 39.7 Å². The van der Waals surface area contributed by atoms with E-state index in [0.717, 1.165) is 11.3 Å². The molecule has 1 amide bonds. The first-order valence-corrected chi connectivity index (χ1v) is 7.39. The molecular weight excluding hydrogens is 282 g/mol. The second-order valence-corrected chi connectivity index (χ2v) is 5.22. The van der Waals surface area contributed by atoms with Crippen LogP contribution >= 0.6 is 0 Å². The van der Waals surface area contributed by atoms with Gasteiger partial charge >= 0.3 is 0 Å². The molecule has 0 spiro atoms. The van der Waals surface area contributed by atoms with Crippen molar-refractivity contribution >= 4 is 5.91 Å². The van der Waals surface area contributed by atoms with Crippen LogP contribution in [0.5, 0.6) is 5.75 Å². The van der Waals surface area contributed by atoms with Gasteiger partial charge in [0.2, 0.25) is 17.7 Å². The summed E-state index contributed by atoms with van der Waals surface area (Å²) < 4.78 is 10.8. The van der Waals surface area contributed by atoms with Crippen LogP contribution in [0.3, 0.4) is 0 Å². The van der Waals surface area contributed by atoms with Crippen LogP contribution in [0.15, 0.2) is 28.7 Å². The highest BCUT2D eigenvalue weighted by Crippen LogP contribution is 2.13. The highest BCUT2D eigenvalue weighted by atomic mass is 16.5. The van der Waals surface area contributed by atoms with Gasteiger partial charge in [-0.1, -0.05) is 26.0 Å². The second kappa shape index (κ2) is 7.59. The first kappa shape index (κ1) is 16.0. The summed E-state index contributed by atoms with van der Waals surface area (Å²) in [6.45, 7) is 6.76. The van der Waals surface area contributed by atoms with Crippen LogP contribution in [0.25, 0.3) is 0 Å². The number of rotatable bonds is 7. The Kier molecular flexibility index (Phi) is 5.52. The lowest BCUT2D eigenvalue weighted by Crippen LogP contribution is -2.24. The lowest BCUT2D eigenvalue weighted by Gasteiger charge is -2.05. The zero-order chi connectivity index (χ0) is 15.9. The van der Waals surface area contributed by atoms with Crippen molar-refractivity contribution in [3.8, 4) is 5.75 Å². The number of amides is 1. The van der Waals surface area contributed by atoms with E-state index in [1.165, 1.54) is 0 Å². The Bertz CT molecular complexity index is 605. The Morgan fingerprint density at radius 3 is 2.59 bits per heavy atom. The van der Waals surface area contributed by atoms with Crippen LogP contribution in [0.1, 0.15) is 44.0 Å². The molecule has 0 aliphatic carbocycles. The summed E-state index contributed by atoms with van der Waals surface area (Å²) in [5.41, 5.74) is 0.925. The molecule has 1 heterocycles. The van der Waals surface area contributed by atoms with E-state index < -0.39 is 0 Å². The summed E-state index contributed by atoms with van der Waals surface area (Å²) >= 11 is 0. The van der Waals surface area contributed by atoms with Gasteiger partial charge < -0.3 is 14.5 Å². The molecule has 0 fully saturated rings. The third-order valence-electron chi connectivity index (χ3n) is 3.01. The third kappa shape index (κ3) is 4.58. The zero-order valence-electron chi connectivity index (χ0n) is 13.1. The predicted octanol–water partition coefficient (Wildman–Crippen LogP) is 2.45. The summed E-state index contributed by atoms with van der Waals surface area (Å²) in [5, 5.41) is 10.6. The molecule has 1 N–H and O–H groups in total. The molecule has 22 heavy (non-hydrogen) atoms. The number of hydrogen-bond donors (Lipinski definition) is 1. The number of aromatic nitrogens is 2. The molecule has 118 valence electrons. The second-order valence-electron chi connectivity index (χ2n) is 5.22. The van der Waals surface area contributed by atoms with Crippen molar-refractivity contribution < 1.29 is 13.9 Å². The number of carbonyl (C=O) groups excluding carboxylic acids is 1. The molecule has 1 aromatic carbocycles. The van der Waals surface area contributed by atoms with E-state index in [1.807, 2.05) is 45.0 Å². The fourth-order valence-corrected chi connectivity index (χ4v) is 1.86. The van der Waals surface area contributed by atoms with Crippen molar-refractivity contribution in [1.82, 2.24) is 15.5 Å². The van der Waals surface area contributed by atoms with Gasteiger partial charge in [-0.15, -0.1) is 10.2 Å². The molecule has 6 nitrogen and oxygen atoms in total.